The summed E-state index contributed by atoms with van der Waals surface area (Å²) in [5.74, 6) is 0. The molecular weight excluding hydrogens is 126 g/mol. The minimum Gasteiger partial charge on any atom is -0.520 e. The van der Waals surface area contributed by atoms with E-state index in [2.05, 4.69) is 15.8 Å². The molecular formula is C2H6B2O5. The average Bonchev–Trinajstić information content (AvgIpc) is 1.63. The topological polar surface area (TPSA) is 79.2 Å². The van der Waals surface area contributed by atoms with Gasteiger partial charge in [-0.3, -0.25) is 0 Å². The van der Waals surface area contributed by atoms with E-state index in [9.17, 15) is 0 Å². The summed E-state index contributed by atoms with van der Waals surface area (Å²) in [6.45, 7) is 3.08. The molecule has 0 aromatic heterocycles. The van der Waals surface area contributed by atoms with Crippen molar-refractivity contribution in [2.45, 2.75) is 0 Å². The normalized spacial score (nSPS) is 8.33. The van der Waals surface area contributed by atoms with Crippen LogP contribution in [-0.2, 0) is 9.23 Å². The standard InChI is InChI=1S/C2H6B2O5/c1-2-8-4(7)9-3(5)6/h2,5-7H,1H2. The zero-order valence-corrected chi connectivity index (χ0v) is 4.60. The smallest absolute Gasteiger partial charge is 0.520 e. The van der Waals surface area contributed by atoms with Crippen molar-refractivity contribution < 1.29 is 24.3 Å². The van der Waals surface area contributed by atoms with Gasteiger partial charge in [0.25, 0.3) is 0 Å². The van der Waals surface area contributed by atoms with Crippen LogP contribution in [0, 0.1) is 0 Å². The zero-order valence-electron chi connectivity index (χ0n) is 4.60. The molecule has 50 valence electrons. The molecule has 0 saturated carbocycles. The second-order valence-electron chi connectivity index (χ2n) is 1.07. The monoisotopic (exact) mass is 132 g/mol. The Morgan fingerprint density at radius 2 is 1.89 bits per heavy atom. The maximum atomic E-state index is 8.38. The SMILES string of the molecule is C=COB(O)OB(O)O. The summed E-state index contributed by atoms with van der Waals surface area (Å²) < 4.78 is 7.99. The first kappa shape index (κ1) is 8.51. The summed E-state index contributed by atoms with van der Waals surface area (Å²) >= 11 is 0. The molecule has 0 atom stereocenters. The van der Waals surface area contributed by atoms with Crippen LogP contribution in [0.15, 0.2) is 12.8 Å². The zero-order chi connectivity index (χ0) is 7.28. The van der Waals surface area contributed by atoms with Gasteiger partial charge in [0.2, 0.25) is 0 Å². The third-order valence-corrected chi connectivity index (χ3v) is 0.451. The van der Waals surface area contributed by atoms with Crippen molar-refractivity contribution in [3.05, 3.63) is 12.8 Å². The number of rotatable bonds is 4. The molecule has 0 amide bonds. The second-order valence-corrected chi connectivity index (χ2v) is 1.07. The highest BCUT2D eigenvalue weighted by Gasteiger charge is 2.23. The molecule has 0 aromatic rings. The fourth-order valence-electron chi connectivity index (χ4n) is 0.219. The van der Waals surface area contributed by atoms with E-state index in [0.717, 1.165) is 6.26 Å². The molecule has 7 heteroatoms. The highest BCUT2D eigenvalue weighted by Crippen LogP contribution is 1.84. The van der Waals surface area contributed by atoms with Crippen LogP contribution in [0.25, 0.3) is 0 Å². The van der Waals surface area contributed by atoms with E-state index in [1.165, 1.54) is 0 Å². The van der Waals surface area contributed by atoms with Gasteiger partial charge in [0.1, 0.15) is 0 Å². The summed E-state index contributed by atoms with van der Waals surface area (Å²) in [7, 11) is -3.72. The Bertz CT molecular complexity index is 85.0. The molecule has 5 nitrogen and oxygen atoms in total. The maximum absolute atomic E-state index is 8.38. The van der Waals surface area contributed by atoms with Crippen LogP contribution in [0.5, 0.6) is 0 Å². The van der Waals surface area contributed by atoms with Crippen molar-refractivity contribution >= 4 is 14.6 Å². The molecule has 0 rings (SSSR count). The lowest BCUT2D eigenvalue weighted by Gasteiger charge is -2.02. The second kappa shape index (κ2) is 4.39. The van der Waals surface area contributed by atoms with Crippen LogP contribution < -0.4 is 0 Å². The van der Waals surface area contributed by atoms with Crippen LogP contribution in [-0.4, -0.2) is 29.7 Å². The summed E-state index contributed by atoms with van der Waals surface area (Å²) in [6.07, 6.45) is 0.910. The summed E-state index contributed by atoms with van der Waals surface area (Å²) in [6, 6.07) is 0. The number of hydrogen-bond donors (Lipinski definition) is 3. The van der Waals surface area contributed by atoms with Crippen molar-refractivity contribution in [2.24, 2.45) is 0 Å². The molecule has 0 heterocycles. The molecule has 0 aliphatic heterocycles. The van der Waals surface area contributed by atoms with Gasteiger partial charge in [-0.2, -0.15) is 0 Å². The van der Waals surface area contributed by atoms with Gasteiger partial charge < -0.3 is 24.3 Å². The Balaban J connectivity index is 3.25. The molecule has 0 radical (unpaired) electrons. The molecule has 0 aliphatic carbocycles. The Labute approximate surface area is 52.9 Å². The molecule has 0 aromatic carbocycles. The molecule has 0 unspecified atom stereocenters. The third-order valence-electron chi connectivity index (χ3n) is 0.451. The first-order valence-electron chi connectivity index (χ1n) is 2.13. The first-order valence-corrected chi connectivity index (χ1v) is 2.13. The fraction of sp³-hybridized carbons (Fsp3) is 0. The van der Waals surface area contributed by atoms with Crippen LogP contribution in [0.4, 0.5) is 0 Å². The Hall–Kier alpha value is -0.490. The van der Waals surface area contributed by atoms with Gasteiger partial charge in [-0.15, -0.1) is 0 Å². The first-order chi connectivity index (χ1) is 4.16. The lowest BCUT2D eigenvalue weighted by molar-refractivity contribution is 0.203. The minimum atomic E-state index is -2.04. The Kier molecular flexibility index (Phi) is 4.16. The van der Waals surface area contributed by atoms with E-state index in [4.69, 9.17) is 15.1 Å². The van der Waals surface area contributed by atoms with E-state index in [1.807, 2.05) is 0 Å². The lowest BCUT2D eigenvalue weighted by Crippen LogP contribution is -2.30. The highest BCUT2D eigenvalue weighted by molar-refractivity contribution is 6.49. The molecule has 0 spiro atoms. The van der Waals surface area contributed by atoms with Crippen molar-refractivity contribution in [1.29, 1.82) is 0 Å². The average molecular weight is 132 g/mol. The predicted molar refractivity (Wildman–Crippen MR) is 30.5 cm³/mol. The molecule has 9 heavy (non-hydrogen) atoms. The minimum absolute atomic E-state index is 0.910. The largest absolute Gasteiger partial charge is 0.697 e. The van der Waals surface area contributed by atoms with Crippen molar-refractivity contribution in [3.8, 4) is 0 Å². The van der Waals surface area contributed by atoms with E-state index < -0.39 is 14.6 Å². The molecule has 0 bridgehead atoms. The van der Waals surface area contributed by atoms with Crippen molar-refractivity contribution in [1.82, 2.24) is 0 Å². The summed E-state index contributed by atoms with van der Waals surface area (Å²) in [5.41, 5.74) is 0. The molecule has 3 N–H and O–H groups in total. The van der Waals surface area contributed by atoms with Gasteiger partial charge in [0.05, 0.1) is 6.26 Å². The Morgan fingerprint density at radius 1 is 1.33 bits per heavy atom. The van der Waals surface area contributed by atoms with Crippen LogP contribution in [0.3, 0.4) is 0 Å². The quantitative estimate of drug-likeness (QED) is 0.307. The van der Waals surface area contributed by atoms with Gasteiger partial charge in [-0.25, -0.2) is 0 Å². The summed E-state index contributed by atoms with van der Waals surface area (Å²) in [4.78, 5) is 0. The van der Waals surface area contributed by atoms with E-state index in [-0.39, 0.29) is 0 Å². The third kappa shape index (κ3) is 5.38. The summed E-state index contributed by atoms with van der Waals surface area (Å²) in [5, 5.41) is 24.4. The van der Waals surface area contributed by atoms with E-state index >= 15 is 0 Å². The predicted octanol–water partition coefficient (Wildman–Crippen LogP) is -1.89. The maximum Gasteiger partial charge on any atom is 0.697 e. The van der Waals surface area contributed by atoms with Crippen LogP contribution in [0.1, 0.15) is 0 Å². The van der Waals surface area contributed by atoms with Crippen molar-refractivity contribution in [3.63, 3.8) is 0 Å². The van der Waals surface area contributed by atoms with Crippen LogP contribution >= 0.6 is 0 Å². The molecule has 0 aliphatic rings. The van der Waals surface area contributed by atoms with E-state index in [0.29, 0.717) is 0 Å². The van der Waals surface area contributed by atoms with Gasteiger partial charge in [0, 0.05) is 0 Å². The fourth-order valence-corrected chi connectivity index (χ4v) is 0.219. The highest BCUT2D eigenvalue weighted by atomic mass is 16.7. The molecule has 0 saturated heterocycles. The van der Waals surface area contributed by atoms with Crippen molar-refractivity contribution in [2.75, 3.05) is 0 Å². The molecule has 0 fully saturated rings. The van der Waals surface area contributed by atoms with E-state index in [1.54, 1.807) is 0 Å². The van der Waals surface area contributed by atoms with Gasteiger partial charge in [-0.1, -0.05) is 6.58 Å². The number of hydrogen-bond acceptors (Lipinski definition) is 5. The van der Waals surface area contributed by atoms with Gasteiger partial charge in [0.15, 0.2) is 0 Å². The van der Waals surface area contributed by atoms with Crippen LogP contribution in [0.2, 0.25) is 0 Å². The van der Waals surface area contributed by atoms with Gasteiger partial charge in [-0.05, 0) is 0 Å². The lowest BCUT2D eigenvalue weighted by atomic mass is 10.1. The van der Waals surface area contributed by atoms with Gasteiger partial charge >= 0.3 is 14.6 Å². The Morgan fingerprint density at radius 3 is 2.22 bits per heavy atom.